The van der Waals surface area contributed by atoms with Crippen LogP contribution in [0.15, 0.2) is 18.5 Å². The van der Waals surface area contributed by atoms with Gasteiger partial charge in [-0.15, -0.1) is 11.6 Å². The number of nitrogens with zero attached hydrogens (tertiary/aromatic N) is 3. The van der Waals surface area contributed by atoms with Gasteiger partial charge in [0.05, 0.1) is 17.3 Å². The number of carbonyl (C=O) groups excluding carboxylic acids is 1. The molecule has 5 heteroatoms. The number of hydrogen-bond donors (Lipinski definition) is 0. The van der Waals surface area contributed by atoms with E-state index in [0.717, 1.165) is 30.0 Å². The fraction of sp³-hybridized carbons (Fsp3) is 0.467. The lowest BCUT2D eigenvalue weighted by molar-refractivity contribution is -0.117. The van der Waals surface area contributed by atoms with Crippen LogP contribution in [0.2, 0.25) is 0 Å². The Bertz CT molecular complexity index is 690. The van der Waals surface area contributed by atoms with Crippen molar-refractivity contribution in [2.24, 2.45) is 0 Å². The van der Waals surface area contributed by atoms with Gasteiger partial charge in [-0.05, 0) is 36.8 Å². The van der Waals surface area contributed by atoms with E-state index in [-0.39, 0.29) is 5.91 Å². The Morgan fingerprint density at radius 3 is 2.85 bits per heavy atom. The van der Waals surface area contributed by atoms with Gasteiger partial charge in [-0.2, -0.15) is 0 Å². The molecule has 4 nitrogen and oxygen atoms in total. The molecule has 0 spiro atoms. The van der Waals surface area contributed by atoms with Crippen molar-refractivity contribution in [2.45, 2.75) is 37.5 Å². The van der Waals surface area contributed by atoms with Crippen LogP contribution in [0.3, 0.4) is 0 Å². The summed E-state index contributed by atoms with van der Waals surface area (Å²) in [4.78, 5) is 18.5. The molecular formula is C15H16ClN3O. The Balaban J connectivity index is 1.90. The maximum absolute atomic E-state index is 12.1. The molecule has 1 amide bonds. The zero-order valence-corrected chi connectivity index (χ0v) is 11.9. The molecule has 1 saturated carbocycles. The van der Waals surface area contributed by atoms with Gasteiger partial charge in [0, 0.05) is 25.4 Å². The van der Waals surface area contributed by atoms with Gasteiger partial charge < -0.3 is 9.30 Å². The van der Waals surface area contributed by atoms with Gasteiger partial charge in [0.2, 0.25) is 5.91 Å². The molecule has 1 saturated heterocycles. The number of anilines is 1. The standard InChI is InChI=1S/C15H16ClN3O/c16-7-12-9-18-8-11(10-3-4-10)6-13(15(18)17-12)19-5-1-2-14(19)20/h6,8-10H,1-5,7H2. The highest BCUT2D eigenvalue weighted by atomic mass is 35.5. The molecule has 2 aliphatic rings. The topological polar surface area (TPSA) is 37.6 Å². The Morgan fingerprint density at radius 1 is 1.35 bits per heavy atom. The lowest BCUT2D eigenvalue weighted by Crippen LogP contribution is -2.24. The molecule has 0 radical (unpaired) electrons. The summed E-state index contributed by atoms with van der Waals surface area (Å²) in [6, 6.07) is 2.15. The minimum Gasteiger partial charge on any atom is -0.309 e. The van der Waals surface area contributed by atoms with Crippen molar-refractivity contribution in [1.29, 1.82) is 0 Å². The van der Waals surface area contributed by atoms with Gasteiger partial charge in [0.15, 0.2) is 5.65 Å². The third kappa shape index (κ3) is 1.90. The Morgan fingerprint density at radius 2 is 2.20 bits per heavy atom. The molecule has 0 atom stereocenters. The van der Waals surface area contributed by atoms with Crippen molar-refractivity contribution in [1.82, 2.24) is 9.38 Å². The highest BCUT2D eigenvalue weighted by Crippen LogP contribution is 2.42. The highest BCUT2D eigenvalue weighted by Gasteiger charge is 2.29. The number of imidazole rings is 1. The van der Waals surface area contributed by atoms with Crippen molar-refractivity contribution in [2.75, 3.05) is 11.4 Å². The summed E-state index contributed by atoms with van der Waals surface area (Å²) in [6.07, 6.45) is 8.18. The lowest BCUT2D eigenvalue weighted by Gasteiger charge is -2.17. The predicted octanol–water partition coefficient (Wildman–Crippen LogP) is 3.08. The summed E-state index contributed by atoms with van der Waals surface area (Å²) < 4.78 is 2.03. The zero-order valence-electron chi connectivity index (χ0n) is 11.2. The fourth-order valence-electron chi connectivity index (χ4n) is 2.96. The summed E-state index contributed by atoms with van der Waals surface area (Å²) in [6.45, 7) is 0.797. The van der Waals surface area contributed by atoms with E-state index in [2.05, 4.69) is 17.2 Å². The zero-order chi connectivity index (χ0) is 13.7. The molecule has 4 rings (SSSR count). The van der Waals surface area contributed by atoms with Crippen molar-refractivity contribution in [3.05, 3.63) is 29.7 Å². The quantitative estimate of drug-likeness (QED) is 0.815. The number of halogens is 1. The first kappa shape index (κ1) is 12.2. The average molecular weight is 290 g/mol. The summed E-state index contributed by atoms with van der Waals surface area (Å²) in [5.41, 5.74) is 3.96. The monoisotopic (exact) mass is 289 g/mol. The average Bonchev–Trinajstić information content (AvgIpc) is 3.08. The molecule has 0 bridgehead atoms. The van der Waals surface area contributed by atoms with Gasteiger partial charge in [-0.25, -0.2) is 4.98 Å². The summed E-state index contributed by atoms with van der Waals surface area (Å²) in [7, 11) is 0. The first-order valence-electron chi connectivity index (χ1n) is 7.14. The number of rotatable bonds is 3. The Labute approximate surface area is 122 Å². The molecule has 0 unspecified atom stereocenters. The lowest BCUT2D eigenvalue weighted by atomic mass is 10.1. The number of alkyl halides is 1. The van der Waals surface area contributed by atoms with E-state index < -0.39 is 0 Å². The van der Waals surface area contributed by atoms with Crippen LogP contribution in [0.4, 0.5) is 5.69 Å². The van der Waals surface area contributed by atoms with E-state index in [9.17, 15) is 4.79 Å². The molecule has 0 N–H and O–H groups in total. The second-order valence-corrected chi connectivity index (χ2v) is 5.95. The molecule has 3 heterocycles. The number of aromatic nitrogens is 2. The minimum absolute atomic E-state index is 0.204. The van der Waals surface area contributed by atoms with Gasteiger partial charge in [0.1, 0.15) is 0 Å². The number of fused-ring (bicyclic) bond motifs is 1. The van der Waals surface area contributed by atoms with Crippen LogP contribution in [0.1, 0.15) is 42.9 Å². The van der Waals surface area contributed by atoms with Gasteiger partial charge >= 0.3 is 0 Å². The molecular weight excluding hydrogens is 274 g/mol. The van der Waals surface area contributed by atoms with Gasteiger partial charge in [0.25, 0.3) is 0 Å². The third-order valence-electron chi connectivity index (χ3n) is 4.15. The molecule has 2 fully saturated rings. The van der Waals surface area contributed by atoms with Crippen molar-refractivity contribution < 1.29 is 4.79 Å². The first-order chi connectivity index (χ1) is 9.76. The molecule has 1 aliphatic heterocycles. The van der Waals surface area contributed by atoms with E-state index in [1.54, 1.807) is 0 Å². The maximum Gasteiger partial charge on any atom is 0.227 e. The van der Waals surface area contributed by atoms with E-state index in [1.165, 1.54) is 18.4 Å². The fourth-order valence-corrected chi connectivity index (χ4v) is 3.09. The van der Waals surface area contributed by atoms with Crippen LogP contribution in [-0.4, -0.2) is 21.8 Å². The number of amides is 1. The molecule has 104 valence electrons. The van der Waals surface area contributed by atoms with Crippen LogP contribution in [-0.2, 0) is 10.7 Å². The van der Waals surface area contributed by atoms with E-state index in [1.807, 2.05) is 15.5 Å². The summed E-state index contributed by atoms with van der Waals surface area (Å²) in [5.74, 6) is 1.25. The van der Waals surface area contributed by atoms with Crippen LogP contribution < -0.4 is 4.90 Å². The maximum atomic E-state index is 12.1. The predicted molar refractivity (Wildman–Crippen MR) is 78.3 cm³/mol. The summed E-state index contributed by atoms with van der Waals surface area (Å²) in [5, 5.41) is 0. The van der Waals surface area contributed by atoms with Crippen LogP contribution in [0.25, 0.3) is 5.65 Å². The highest BCUT2D eigenvalue weighted by molar-refractivity contribution is 6.16. The minimum atomic E-state index is 0.204. The smallest absolute Gasteiger partial charge is 0.227 e. The second-order valence-electron chi connectivity index (χ2n) is 5.68. The van der Waals surface area contributed by atoms with E-state index >= 15 is 0 Å². The number of pyridine rings is 1. The van der Waals surface area contributed by atoms with E-state index in [4.69, 9.17) is 11.6 Å². The Kier molecular flexibility index (Phi) is 2.74. The van der Waals surface area contributed by atoms with Gasteiger partial charge in [-0.1, -0.05) is 0 Å². The molecule has 1 aliphatic carbocycles. The number of carbonyl (C=O) groups is 1. The summed E-state index contributed by atoms with van der Waals surface area (Å²) >= 11 is 5.90. The van der Waals surface area contributed by atoms with Crippen LogP contribution in [0, 0.1) is 0 Å². The van der Waals surface area contributed by atoms with Crippen molar-refractivity contribution >= 4 is 28.8 Å². The molecule has 2 aromatic rings. The van der Waals surface area contributed by atoms with E-state index in [0.29, 0.717) is 18.2 Å². The molecule has 2 aromatic heterocycles. The van der Waals surface area contributed by atoms with Crippen molar-refractivity contribution in [3.63, 3.8) is 0 Å². The van der Waals surface area contributed by atoms with Crippen LogP contribution in [0.5, 0.6) is 0 Å². The normalized spacial score (nSPS) is 19.2. The van der Waals surface area contributed by atoms with Gasteiger partial charge in [-0.3, -0.25) is 4.79 Å². The largest absolute Gasteiger partial charge is 0.309 e. The SMILES string of the molecule is O=C1CCCN1c1cc(C2CC2)cn2cc(CCl)nc12. The molecule has 20 heavy (non-hydrogen) atoms. The Hall–Kier alpha value is -1.55. The van der Waals surface area contributed by atoms with Crippen LogP contribution >= 0.6 is 11.6 Å². The van der Waals surface area contributed by atoms with Crippen molar-refractivity contribution in [3.8, 4) is 0 Å². The molecule has 0 aromatic carbocycles. The first-order valence-corrected chi connectivity index (χ1v) is 7.67. The third-order valence-corrected chi connectivity index (χ3v) is 4.43. The second kappa shape index (κ2) is 4.48. The number of hydrogen-bond acceptors (Lipinski definition) is 2.